The molecule has 0 aliphatic heterocycles. The fourth-order valence-corrected chi connectivity index (χ4v) is 4.49. The zero-order valence-corrected chi connectivity index (χ0v) is 22.9. The maximum absolute atomic E-state index is 13.4. The Kier molecular flexibility index (Phi) is 9.45. The molecule has 1 atom stereocenters. The predicted molar refractivity (Wildman–Crippen MR) is 156 cm³/mol. The van der Waals surface area contributed by atoms with Crippen molar-refractivity contribution in [2.45, 2.75) is 32.4 Å². The van der Waals surface area contributed by atoms with E-state index in [2.05, 4.69) is 22.5 Å². The van der Waals surface area contributed by atoms with Gasteiger partial charge in [-0.25, -0.2) is 4.79 Å². The molecule has 1 aromatic heterocycles. The van der Waals surface area contributed by atoms with Crippen molar-refractivity contribution in [1.82, 2.24) is 9.88 Å². The Balaban J connectivity index is 1.43. The third-order valence-corrected chi connectivity index (χ3v) is 6.56. The van der Waals surface area contributed by atoms with Gasteiger partial charge in [-0.1, -0.05) is 24.3 Å². The molecule has 1 unspecified atom stereocenters. The van der Waals surface area contributed by atoms with Crippen molar-refractivity contribution in [2.24, 2.45) is 0 Å². The van der Waals surface area contributed by atoms with E-state index < -0.39 is 0 Å². The van der Waals surface area contributed by atoms with Crippen LogP contribution >= 0.6 is 0 Å². The van der Waals surface area contributed by atoms with Crippen LogP contribution in [0.2, 0.25) is 0 Å². The molecule has 0 radical (unpaired) electrons. The monoisotopic (exact) mass is 528 g/mol. The van der Waals surface area contributed by atoms with Crippen LogP contribution in [0, 0.1) is 0 Å². The number of pyridine rings is 1. The zero-order valence-electron chi connectivity index (χ0n) is 22.9. The summed E-state index contributed by atoms with van der Waals surface area (Å²) in [4.78, 5) is 19.7. The van der Waals surface area contributed by atoms with Crippen molar-refractivity contribution in [3.8, 4) is 17.2 Å². The first-order chi connectivity index (χ1) is 19.0. The number of para-hydroxylation sites is 1. The number of aromatic nitrogens is 1. The summed E-state index contributed by atoms with van der Waals surface area (Å²) in [5, 5.41) is 7.62. The van der Waals surface area contributed by atoms with Crippen molar-refractivity contribution in [3.63, 3.8) is 0 Å². The van der Waals surface area contributed by atoms with Crippen LogP contribution in [0.3, 0.4) is 0 Å². The molecular formula is C31H36N4O4. The van der Waals surface area contributed by atoms with Gasteiger partial charge >= 0.3 is 6.03 Å². The van der Waals surface area contributed by atoms with E-state index in [0.29, 0.717) is 18.8 Å². The largest absolute Gasteiger partial charge is 0.497 e. The molecular weight excluding hydrogens is 492 g/mol. The van der Waals surface area contributed by atoms with E-state index in [1.807, 2.05) is 77.7 Å². The highest BCUT2D eigenvalue weighted by atomic mass is 16.5. The summed E-state index contributed by atoms with van der Waals surface area (Å²) in [7, 11) is 4.93. The number of urea groups is 1. The molecule has 0 aliphatic carbocycles. The van der Waals surface area contributed by atoms with Gasteiger partial charge in [0, 0.05) is 41.5 Å². The van der Waals surface area contributed by atoms with Crippen molar-refractivity contribution in [1.29, 1.82) is 0 Å². The third kappa shape index (κ3) is 7.31. The Bertz CT molecular complexity index is 1380. The van der Waals surface area contributed by atoms with Crippen molar-refractivity contribution >= 4 is 28.3 Å². The van der Waals surface area contributed by atoms with E-state index in [4.69, 9.17) is 14.2 Å². The summed E-state index contributed by atoms with van der Waals surface area (Å²) in [5.41, 5.74) is 3.49. The number of benzene rings is 3. The number of methoxy groups -OCH3 is 3. The van der Waals surface area contributed by atoms with Gasteiger partial charge in [0.1, 0.15) is 17.2 Å². The fourth-order valence-electron chi connectivity index (χ4n) is 4.49. The number of carbonyl (C=O) groups excluding carboxylic acids is 1. The van der Waals surface area contributed by atoms with Crippen LogP contribution in [0.5, 0.6) is 17.2 Å². The summed E-state index contributed by atoms with van der Waals surface area (Å²) < 4.78 is 16.2. The topological polar surface area (TPSA) is 85.0 Å². The molecule has 204 valence electrons. The zero-order chi connectivity index (χ0) is 27.6. The highest BCUT2D eigenvalue weighted by molar-refractivity contribution is 5.92. The molecule has 8 nitrogen and oxygen atoms in total. The quantitative estimate of drug-likeness (QED) is 0.216. The first-order valence-electron chi connectivity index (χ1n) is 13.0. The average molecular weight is 529 g/mol. The number of hydrogen-bond donors (Lipinski definition) is 2. The van der Waals surface area contributed by atoms with Crippen LogP contribution in [-0.2, 0) is 6.54 Å². The normalized spacial score (nSPS) is 11.5. The fraction of sp³-hybridized carbons (Fsp3) is 0.290. The maximum atomic E-state index is 13.4. The summed E-state index contributed by atoms with van der Waals surface area (Å²) in [6.07, 6.45) is 3.44. The molecule has 3 aromatic carbocycles. The average Bonchev–Trinajstić information content (AvgIpc) is 2.97. The molecule has 0 saturated carbocycles. The van der Waals surface area contributed by atoms with Gasteiger partial charge in [0.25, 0.3) is 0 Å². The Hall–Kier alpha value is -4.46. The summed E-state index contributed by atoms with van der Waals surface area (Å²) in [6, 6.07) is 23.0. The van der Waals surface area contributed by atoms with Crippen molar-refractivity contribution in [2.75, 3.05) is 38.5 Å². The number of fused-ring (bicyclic) bond motifs is 1. The minimum absolute atomic E-state index is 0.153. The molecule has 1 heterocycles. The Morgan fingerprint density at radius 2 is 1.69 bits per heavy atom. The summed E-state index contributed by atoms with van der Waals surface area (Å²) >= 11 is 0. The minimum atomic E-state index is -0.172. The number of hydrogen-bond acceptors (Lipinski definition) is 6. The highest BCUT2D eigenvalue weighted by Gasteiger charge is 2.17. The van der Waals surface area contributed by atoms with E-state index in [9.17, 15) is 4.79 Å². The molecule has 4 rings (SSSR count). The molecule has 39 heavy (non-hydrogen) atoms. The lowest BCUT2D eigenvalue weighted by molar-refractivity contribution is 0.207. The number of anilines is 2. The molecule has 4 aromatic rings. The van der Waals surface area contributed by atoms with Crippen molar-refractivity contribution in [3.05, 3.63) is 84.6 Å². The smallest absolute Gasteiger partial charge is 0.322 e. The van der Waals surface area contributed by atoms with Gasteiger partial charge in [-0.3, -0.25) is 4.98 Å². The van der Waals surface area contributed by atoms with Gasteiger partial charge in [-0.2, -0.15) is 0 Å². The van der Waals surface area contributed by atoms with E-state index in [-0.39, 0.29) is 12.1 Å². The number of nitrogens with one attached hydrogen (secondary N) is 2. The van der Waals surface area contributed by atoms with Crippen molar-refractivity contribution < 1.29 is 19.0 Å². The van der Waals surface area contributed by atoms with Gasteiger partial charge in [0.05, 0.1) is 39.1 Å². The molecule has 0 aliphatic rings. The van der Waals surface area contributed by atoms with Crippen LogP contribution in [0.4, 0.5) is 16.2 Å². The van der Waals surface area contributed by atoms with Crippen LogP contribution in [0.1, 0.15) is 25.3 Å². The number of ether oxygens (including phenoxy) is 3. The SMILES string of the molecule is COc1ccc(NC(=O)N(CCCC(C)Nc2cc(OC)cc3cccnc23)Cc2ccccc2OC)cc1. The molecule has 2 amide bonds. The lowest BCUT2D eigenvalue weighted by atomic mass is 10.1. The second-order valence-electron chi connectivity index (χ2n) is 9.33. The summed E-state index contributed by atoms with van der Waals surface area (Å²) in [5.74, 6) is 2.27. The van der Waals surface area contributed by atoms with E-state index in [1.165, 1.54) is 0 Å². The molecule has 2 N–H and O–H groups in total. The number of amides is 2. The molecule has 0 bridgehead atoms. The van der Waals surface area contributed by atoms with E-state index >= 15 is 0 Å². The van der Waals surface area contributed by atoms with E-state index in [1.54, 1.807) is 27.5 Å². The lowest BCUT2D eigenvalue weighted by Crippen LogP contribution is -2.36. The molecule has 8 heteroatoms. The van der Waals surface area contributed by atoms with Gasteiger partial charge < -0.3 is 29.7 Å². The summed E-state index contributed by atoms with van der Waals surface area (Å²) in [6.45, 7) is 3.14. The molecule has 0 spiro atoms. The van der Waals surface area contributed by atoms with Crippen LogP contribution in [0.25, 0.3) is 10.9 Å². The van der Waals surface area contributed by atoms with Gasteiger partial charge in [-0.05, 0) is 62.2 Å². The first-order valence-corrected chi connectivity index (χ1v) is 13.0. The predicted octanol–water partition coefficient (Wildman–Crippen LogP) is 6.58. The lowest BCUT2D eigenvalue weighted by Gasteiger charge is -2.25. The Labute approximate surface area is 229 Å². The van der Waals surface area contributed by atoms with Gasteiger partial charge in [-0.15, -0.1) is 0 Å². The number of nitrogens with zero attached hydrogens (tertiary/aromatic N) is 2. The van der Waals surface area contributed by atoms with Crippen LogP contribution in [0.15, 0.2) is 79.0 Å². The first kappa shape index (κ1) is 27.6. The van der Waals surface area contributed by atoms with Crippen LogP contribution < -0.4 is 24.8 Å². The maximum Gasteiger partial charge on any atom is 0.322 e. The minimum Gasteiger partial charge on any atom is -0.497 e. The number of rotatable bonds is 12. The molecule has 0 fully saturated rings. The molecule has 0 saturated heterocycles. The number of carbonyl (C=O) groups is 1. The Morgan fingerprint density at radius 3 is 2.44 bits per heavy atom. The second-order valence-corrected chi connectivity index (χ2v) is 9.33. The Morgan fingerprint density at radius 1 is 0.923 bits per heavy atom. The highest BCUT2D eigenvalue weighted by Crippen LogP contribution is 2.29. The second kappa shape index (κ2) is 13.4. The van der Waals surface area contributed by atoms with Gasteiger partial charge in [0.15, 0.2) is 0 Å². The van der Waals surface area contributed by atoms with Gasteiger partial charge in [0.2, 0.25) is 0 Å². The van der Waals surface area contributed by atoms with E-state index in [0.717, 1.165) is 52.2 Å². The standard InChI is InChI=1S/C31H36N4O4/c1-22(33-28-20-27(38-3)19-23-11-7-17-32-30(23)28)9-8-18-35(21-24-10-5-6-12-29(24)39-4)31(36)34-25-13-15-26(37-2)16-14-25/h5-7,10-17,19-20,22,33H,8-9,18,21H2,1-4H3,(H,34,36). The van der Waals surface area contributed by atoms with Crippen LogP contribution in [-0.4, -0.2) is 49.8 Å². The third-order valence-electron chi connectivity index (χ3n) is 6.56.